The number of allylic oxidation sites excluding steroid dienone is 18. The molecule has 4 atom stereocenters. The van der Waals surface area contributed by atoms with Crippen LogP contribution < -0.4 is 0 Å². The number of carbonyl (C=O) groups is 6. The molecule has 0 amide bonds. The highest BCUT2D eigenvalue weighted by Gasteiger charge is 2.46. The molecule has 724 valence electrons. The Morgan fingerprint density at radius 3 is 0.629 bits per heavy atom. The number of unbranched alkanes of at least 4 members (excludes halogenated alkanes) is 14. The van der Waals surface area contributed by atoms with Gasteiger partial charge in [0.15, 0.2) is 34.7 Å². The van der Waals surface area contributed by atoms with Crippen molar-refractivity contribution < 1.29 is 28.8 Å². The van der Waals surface area contributed by atoms with Crippen LogP contribution in [0.25, 0.3) is 33.4 Å². The van der Waals surface area contributed by atoms with Gasteiger partial charge in [-0.3, -0.25) is 28.8 Å². The van der Waals surface area contributed by atoms with E-state index in [9.17, 15) is 28.8 Å². The fraction of sp³-hybridized carbons (Fsp3) is 0.373. The molecule has 140 heavy (non-hydrogen) atoms. The minimum absolute atomic E-state index is 0.0983. The minimum Gasteiger partial charge on any atom is -0.289 e. The monoisotopic (exact) mass is 1860 g/mol. The van der Waals surface area contributed by atoms with E-state index in [4.69, 9.17) is 0 Å². The van der Waals surface area contributed by atoms with Crippen LogP contribution in [0.15, 0.2) is 337 Å². The average Bonchev–Trinajstić information content (AvgIpc) is 0.734. The number of carbonyl (C=O) groups excluding carboxylic acids is 6. The molecule has 0 bridgehead atoms. The van der Waals surface area contributed by atoms with Gasteiger partial charge in [0.05, 0.1) is 0 Å². The third-order valence-electron chi connectivity index (χ3n) is 31.8. The minimum atomic E-state index is -0.472. The van der Waals surface area contributed by atoms with Crippen LogP contribution in [-0.4, -0.2) is 34.7 Å². The van der Waals surface area contributed by atoms with Gasteiger partial charge in [0.1, 0.15) is 0 Å². The van der Waals surface area contributed by atoms with E-state index in [0.717, 1.165) is 262 Å². The van der Waals surface area contributed by atoms with E-state index in [1.165, 1.54) is 86.5 Å². The van der Waals surface area contributed by atoms with E-state index in [0.29, 0.717) is 0 Å². The number of hydrogen-bond donors (Lipinski definition) is 0. The predicted octanol–water partition coefficient (Wildman–Crippen LogP) is 36.0. The summed E-state index contributed by atoms with van der Waals surface area (Å²) in [6.07, 6.45) is 45.2. The molecule has 6 aliphatic carbocycles. The summed E-state index contributed by atoms with van der Waals surface area (Å²) in [6.45, 7) is 31.3. The standard InChI is InChI=1S/C52H60O2.C48H52O2.C34H40O2/c1-5-7-9-21-33-51(3,35-31-39-23-13-11-14-24-39)47-37-45(41-27-17-19-29-43(41)49(47)53)46-38-48(50(54)44-30-20-18-28-42(44)46)52(4,34-22-10-8-6-2)36-32-40-25-15-12-16-26-40;1-5-7-9-21-31-47(3,35-23-13-11-14-24-35)43-33-41(37-27-17-19-29-39(37)45(43)49)42-34-44(46(50)40-30-20-18-28-38(40)42)48(4,32-22-10-8-6-2)36-25-15-12-16-26-36;1-7-9-19-33(3,4)29-21-27(23-15-11-13-17-25(23)31(29)35)28-22-30(34(5,6)20-10-8-2)32(36)26-18-14-12-16-24(26)28/h11-20,23-30,37-38H,5-10,21-22,31-36H2,1-4H3;11-20,23-30,33-34H,5-10,21-22,31-32H2,1-4H3;11-18,21-22H,7-10,19-20H2,1-6H3/b46-45+;42-41+;28-27+. The highest BCUT2D eigenvalue weighted by molar-refractivity contribution is 6.27. The molecule has 6 heteroatoms. The molecule has 0 fully saturated rings. The van der Waals surface area contributed by atoms with E-state index >= 15 is 0 Å². The zero-order valence-electron chi connectivity index (χ0n) is 86.5. The summed E-state index contributed by atoms with van der Waals surface area (Å²) in [7, 11) is 0. The van der Waals surface area contributed by atoms with Crippen molar-refractivity contribution in [1.82, 2.24) is 0 Å². The molecule has 4 unspecified atom stereocenters. The topological polar surface area (TPSA) is 102 Å². The molecule has 10 aromatic rings. The molecule has 16 rings (SSSR count). The van der Waals surface area contributed by atoms with Crippen LogP contribution in [0.5, 0.6) is 0 Å². The molecule has 6 nitrogen and oxygen atoms in total. The van der Waals surface area contributed by atoms with Gasteiger partial charge in [-0.25, -0.2) is 0 Å². The van der Waals surface area contributed by atoms with Gasteiger partial charge < -0.3 is 0 Å². The van der Waals surface area contributed by atoms with Gasteiger partial charge in [-0.05, 0) is 211 Å². The average molecular weight is 1860 g/mol. The number of rotatable bonds is 40. The summed E-state index contributed by atoms with van der Waals surface area (Å²) in [5.41, 5.74) is 24.6. The number of Topliss-reactive ketones (excluding diaryl/α,β-unsaturated/α-hetero) is 6. The smallest absolute Gasteiger partial charge is 0.190 e. The molecular weight excluding hydrogens is 1710 g/mol. The van der Waals surface area contributed by atoms with E-state index in [2.05, 4.69) is 291 Å². The van der Waals surface area contributed by atoms with Gasteiger partial charge in [0.25, 0.3) is 0 Å². The number of fused-ring (bicyclic) bond motifs is 6. The van der Waals surface area contributed by atoms with E-state index in [-0.39, 0.29) is 56.4 Å². The van der Waals surface area contributed by atoms with Gasteiger partial charge in [-0.1, -0.05) is 492 Å². The first-order valence-corrected chi connectivity index (χ1v) is 53.3. The third-order valence-corrected chi connectivity index (χ3v) is 31.8. The van der Waals surface area contributed by atoms with Crippen molar-refractivity contribution in [2.45, 2.75) is 300 Å². The molecule has 0 radical (unpaired) electrons. The van der Waals surface area contributed by atoms with Crippen molar-refractivity contribution in [1.29, 1.82) is 0 Å². The van der Waals surface area contributed by atoms with Crippen LogP contribution in [0, 0.1) is 21.7 Å². The lowest BCUT2D eigenvalue weighted by molar-refractivity contribution is 0.0985. The van der Waals surface area contributed by atoms with E-state index < -0.39 is 10.8 Å². The molecule has 0 heterocycles. The van der Waals surface area contributed by atoms with Crippen molar-refractivity contribution >= 4 is 68.1 Å². The first-order chi connectivity index (χ1) is 67.7. The van der Waals surface area contributed by atoms with Gasteiger partial charge in [0.2, 0.25) is 0 Å². The Morgan fingerprint density at radius 2 is 0.379 bits per heavy atom. The molecule has 0 N–H and O–H groups in total. The number of hydrogen-bond acceptors (Lipinski definition) is 6. The molecule has 0 aliphatic heterocycles. The van der Waals surface area contributed by atoms with Crippen molar-refractivity contribution in [3.63, 3.8) is 0 Å². The van der Waals surface area contributed by atoms with Gasteiger partial charge in [0, 0.05) is 77.6 Å². The van der Waals surface area contributed by atoms with Crippen molar-refractivity contribution in [3.8, 4) is 0 Å². The lowest BCUT2D eigenvalue weighted by Crippen LogP contribution is -2.33. The lowest BCUT2D eigenvalue weighted by Gasteiger charge is -2.37. The van der Waals surface area contributed by atoms with Gasteiger partial charge in [-0.2, -0.15) is 0 Å². The summed E-state index contributed by atoms with van der Waals surface area (Å²) in [6, 6.07) is 91.0. The Morgan fingerprint density at radius 1 is 0.179 bits per heavy atom. The summed E-state index contributed by atoms with van der Waals surface area (Å²) in [4.78, 5) is 86.3. The first kappa shape index (κ1) is 104. The Bertz CT molecular complexity index is 6030. The van der Waals surface area contributed by atoms with E-state index in [1.54, 1.807) is 0 Å². The molecule has 0 saturated heterocycles. The zero-order chi connectivity index (χ0) is 99.2. The maximum absolute atomic E-state index is 14.7. The van der Waals surface area contributed by atoms with E-state index in [1.807, 2.05) is 109 Å². The number of aryl methyl sites for hydroxylation is 2. The Labute approximate surface area is 839 Å². The summed E-state index contributed by atoms with van der Waals surface area (Å²) in [5.74, 6) is 0.748. The fourth-order valence-electron chi connectivity index (χ4n) is 22.8. The maximum Gasteiger partial charge on any atom is 0.190 e. The van der Waals surface area contributed by atoms with Gasteiger partial charge >= 0.3 is 0 Å². The van der Waals surface area contributed by atoms with Crippen molar-refractivity contribution in [3.05, 3.63) is 426 Å². The SMILES string of the molecule is CCCCC(C)(C)C1=C/C(=C2/C=C(C(C)(C)CCCC)C(=O)c3ccccc32)c2ccccc2C1=O.CCCCCCC(C)(C1=C/C(=C2/C=C(C(C)(CCCCCC)c3ccccc3)C(=O)c3ccccc32)c2ccccc2C1=O)c1ccccc1.CCCCCCC(C)(CCc1ccccc1)C1=C/C(=C2/C=C(C(C)(CCCCCC)CCc3ccccc3)C(=O)c3ccccc32)c2ccccc2C1=O. The molecule has 0 aromatic heterocycles. The second kappa shape index (κ2) is 47.4. The molecule has 6 aliphatic rings. The Hall–Kier alpha value is -12.1. The van der Waals surface area contributed by atoms with Crippen molar-refractivity contribution in [2.24, 2.45) is 21.7 Å². The molecule has 0 spiro atoms. The Kier molecular flexibility index (Phi) is 35.1. The third kappa shape index (κ3) is 23.0. The van der Waals surface area contributed by atoms with Crippen molar-refractivity contribution in [2.75, 3.05) is 0 Å². The second-order valence-electron chi connectivity index (χ2n) is 42.8. The second-order valence-corrected chi connectivity index (χ2v) is 42.8. The van der Waals surface area contributed by atoms with Crippen LogP contribution in [0.3, 0.4) is 0 Å². The van der Waals surface area contributed by atoms with Crippen LogP contribution in [-0.2, 0) is 23.7 Å². The normalized spacial score (nSPS) is 17.8. The molecule has 10 aromatic carbocycles. The van der Waals surface area contributed by atoms with Crippen LogP contribution in [0.4, 0.5) is 0 Å². The van der Waals surface area contributed by atoms with Crippen LogP contribution in [0.2, 0.25) is 0 Å². The highest BCUT2D eigenvalue weighted by Crippen LogP contribution is 2.55. The summed E-state index contributed by atoms with van der Waals surface area (Å²) in [5, 5.41) is 0. The Balaban J connectivity index is 0.000000171. The predicted molar refractivity (Wildman–Crippen MR) is 589 cm³/mol. The maximum atomic E-state index is 14.7. The first-order valence-electron chi connectivity index (χ1n) is 53.3. The summed E-state index contributed by atoms with van der Waals surface area (Å²) >= 11 is 0. The molecular formula is C134H152O6. The summed E-state index contributed by atoms with van der Waals surface area (Å²) < 4.78 is 0. The van der Waals surface area contributed by atoms with Crippen LogP contribution >= 0.6 is 0 Å². The zero-order valence-corrected chi connectivity index (χ0v) is 86.5. The lowest BCUT2D eigenvalue weighted by atomic mass is 9.65. The quantitative estimate of drug-likeness (QED) is 0.0355. The highest BCUT2D eigenvalue weighted by atomic mass is 16.1. The van der Waals surface area contributed by atoms with Gasteiger partial charge in [-0.15, -0.1) is 0 Å². The van der Waals surface area contributed by atoms with Crippen LogP contribution in [0.1, 0.15) is 394 Å². The number of benzene rings is 10. The fourth-order valence-corrected chi connectivity index (χ4v) is 22.8. The number of ketones is 6. The molecule has 0 saturated carbocycles. The largest absolute Gasteiger partial charge is 0.289 e.